The molecule has 0 unspecified atom stereocenters. The summed E-state index contributed by atoms with van der Waals surface area (Å²) in [5.41, 5.74) is 4.46. The van der Waals surface area contributed by atoms with Crippen LogP contribution in [0.5, 0.6) is 0 Å². The van der Waals surface area contributed by atoms with Gasteiger partial charge in [0.1, 0.15) is 0 Å². The Bertz CT molecular complexity index is 1270. The first-order chi connectivity index (χ1) is 17.6. The molecule has 8 heteroatoms. The maximum atomic E-state index is 11.4. The van der Waals surface area contributed by atoms with Crippen molar-refractivity contribution in [1.29, 1.82) is 0 Å². The van der Waals surface area contributed by atoms with Crippen LogP contribution < -0.4 is 0 Å². The molecule has 0 bridgehead atoms. The summed E-state index contributed by atoms with van der Waals surface area (Å²) in [6, 6.07) is 10.2. The summed E-state index contributed by atoms with van der Waals surface area (Å²) in [6.07, 6.45) is 7.49. The molecular weight excluding hydrogens is 472 g/mol. The highest BCUT2D eigenvalue weighted by molar-refractivity contribution is 5.98. The van der Waals surface area contributed by atoms with Gasteiger partial charge in [-0.25, -0.2) is 14.4 Å². The van der Waals surface area contributed by atoms with E-state index in [0.717, 1.165) is 29.8 Å². The molecule has 0 saturated carbocycles. The molecule has 1 saturated heterocycles. The highest BCUT2D eigenvalue weighted by Gasteiger charge is 2.19. The molecule has 0 spiro atoms. The molecule has 0 radical (unpaired) electrons. The van der Waals surface area contributed by atoms with Crippen LogP contribution >= 0.6 is 0 Å². The molecule has 37 heavy (non-hydrogen) atoms. The monoisotopic (exact) mass is 506 g/mol. The van der Waals surface area contributed by atoms with E-state index in [9.17, 15) is 24.6 Å². The average Bonchev–Trinajstić information content (AvgIpc) is 3.34. The first-order valence-corrected chi connectivity index (χ1v) is 12.4. The van der Waals surface area contributed by atoms with E-state index < -0.39 is 17.9 Å². The van der Waals surface area contributed by atoms with Crippen molar-refractivity contribution in [1.82, 2.24) is 9.47 Å². The van der Waals surface area contributed by atoms with Crippen molar-refractivity contribution in [2.45, 2.75) is 46.6 Å². The number of piperidine rings is 1. The van der Waals surface area contributed by atoms with Gasteiger partial charge in [0.05, 0.1) is 16.7 Å². The molecule has 1 fully saturated rings. The SMILES string of the molecule is Cc1cccc(C)c1-c1cc(C(=O)O)cc(C(=O)O)c1C.O=C(O)c1ccn(CCN2CCCCC2)c1. The van der Waals surface area contributed by atoms with Gasteiger partial charge in [0.25, 0.3) is 0 Å². The van der Waals surface area contributed by atoms with E-state index in [4.69, 9.17) is 5.11 Å². The highest BCUT2D eigenvalue weighted by atomic mass is 16.4. The first kappa shape index (κ1) is 27.7. The second-order valence-electron chi connectivity index (χ2n) is 9.42. The minimum absolute atomic E-state index is 0.0179. The predicted molar refractivity (Wildman–Crippen MR) is 142 cm³/mol. The number of aromatic nitrogens is 1. The van der Waals surface area contributed by atoms with Crippen LogP contribution in [-0.4, -0.2) is 62.3 Å². The predicted octanol–water partition coefficient (Wildman–Crippen LogP) is 5.35. The molecule has 3 N–H and O–H groups in total. The van der Waals surface area contributed by atoms with E-state index in [1.165, 1.54) is 38.4 Å². The lowest BCUT2D eigenvalue weighted by Crippen LogP contribution is -2.32. The molecule has 196 valence electrons. The van der Waals surface area contributed by atoms with Crippen molar-refractivity contribution in [3.63, 3.8) is 0 Å². The number of carboxylic acid groups (broad SMARTS) is 3. The van der Waals surface area contributed by atoms with E-state index in [0.29, 0.717) is 16.7 Å². The minimum Gasteiger partial charge on any atom is -0.478 e. The van der Waals surface area contributed by atoms with Gasteiger partial charge in [0, 0.05) is 25.5 Å². The molecule has 3 aromatic rings. The molecule has 2 heterocycles. The number of rotatable bonds is 7. The number of carboxylic acids is 3. The second-order valence-corrected chi connectivity index (χ2v) is 9.42. The number of carbonyl (C=O) groups is 3. The molecule has 1 aliphatic rings. The Kier molecular flexibility index (Phi) is 9.25. The van der Waals surface area contributed by atoms with Gasteiger partial charge in [0.2, 0.25) is 0 Å². The number of nitrogens with zero attached hydrogens (tertiary/aromatic N) is 2. The highest BCUT2D eigenvalue weighted by Crippen LogP contribution is 2.32. The van der Waals surface area contributed by atoms with Crippen LogP contribution in [0.1, 0.15) is 67.0 Å². The summed E-state index contributed by atoms with van der Waals surface area (Å²) >= 11 is 0. The zero-order valence-electron chi connectivity index (χ0n) is 21.5. The Labute approximate surface area is 216 Å². The van der Waals surface area contributed by atoms with Crippen molar-refractivity contribution in [3.8, 4) is 11.1 Å². The molecule has 1 aliphatic heterocycles. The van der Waals surface area contributed by atoms with Crippen molar-refractivity contribution >= 4 is 17.9 Å². The van der Waals surface area contributed by atoms with Crippen LogP contribution in [0.15, 0.2) is 48.8 Å². The van der Waals surface area contributed by atoms with Gasteiger partial charge in [-0.3, -0.25) is 0 Å². The van der Waals surface area contributed by atoms with Crippen LogP contribution in [-0.2, 0) is 6.54 Å². The second kappa shape index (κ2) is 12.4. The van der Waals surface area contributed by atoms with E-state index in [1.807, 2.05) is 42.8 Å². The van der Waals surface area contributed by atoms with Crippen LogP contribution in [0.2, 0.25) is 0 Å². The van der Waals surface area contributed by atoms with Crippen molar-refractivity contribution in [2.24, 2.45) is 0 Å². The molecule has 8 nitrogen and oxygen atoms in total. The number of aryl methyl sites for hydroxylation is 2. The van der Waals surface area contributed by atoms with Gasteiger partial charge in [-0.1, -0.05) is 24.6 Å². The normalized spacial score (nSPS) is 13.5. The lowest BCUT2D eigenvalue weighted by atomic mass is 9.89. The topological polar surface area (TPSA) is 120 Å². The number of hydrogen-bond donors (Lipinski definition) is 3. The van der Waals surface area contributed by atoms with Crippen LogP contribution in [0.25, 0.3) is 11.1 Å². The largest absolute Gasteiger partial charge is 0.478 e. The van der Waals surface area contributed by atoms with Crippen molar-refractivity contribution in [3.05, 3.63) is 82.2 Å². The molecule has 2 aromatic carbocycles. The number of likely N-dealkylation sites (tertiary alicyclic amines) is 1. The lowest BCUT2D eigenvalue weighted by Gasteiger charge is -2.26. The zero-order valence-corrected chi connectivity index (χ0v) is 21.5. The summed E-state index contributed by atoms with van der Waals surface area (Å²) < 4.78 is 1.96. The third kappa shape index (κ3) is 7.07. The van der Waals surface area contributed by atoms with E-state index in [1.54, 1.807) is 25.3 Å². The lowest BCUT2D eigenvalue weighted by molar-refractivity contribution is 0.0682. The average molecular weight is 507 g/mol. The van der Waals surface area contributed by atoms with Crippen LogP contribution in [0.4, 0.5) is 0 Å². The zero-order chi connectivity index (χ0) is 27.1. The van der Waals surface area contributed by atoms with Gasteiger partial charge in [0.15, 0.2) is 0 Å². The maximum Gasteiger partial charge on any atom is 0.337 e. The van der Waals surface area contributed by atoms with Crippen molar-refractivity contribution in [2.75, 3.05) is 19.6 Å². The Morgan fingerprint density at radius 1 is 0.784 bits per heavy atom. The molecular formula is C29H34N2O6. The Morgan fingerprint density at radius 2 is 1.41 bits per heavy atom. The van der Waals surface area contributed by atoms with Gasteiger partial charge in [-0.05, 0) is 92.7 Å². The smallest absolute Gasteiger partial charge is 0.337 e. The maximum absolute atomic E-state index is 11.4. The molecule has 0 aliphatic carbocycles. The van der Waals surface area contributed by atoms with E-state index in [2.05, 4.69) is 4.90 Å². The Balaban J connectivity index is 0.000000213. The third-order valence-corrected chi connectivity index (χ3v) is 6.76. The fraction of sp³-hybridized carbons (Fsp3) is 0.345. The summed E-state index contributed by atoms with van der Waals surface area (Å²) in [4.78, 5) is 35.7. The van der Waals surface area contributed by atoms with Crippen molar-refractivity contribution < 1.29 is 29.7 Å². The van der Waals surface area contributed by atoms with Crippen LogP contribution in [0.3, 0.4) is 0 Å². The van der Waals surface area contributed by atoms with E-state index >= 15 is 0 Å². The number of aromatic carboxylic acids is 3. The summed E-state index contributed by atoms with van der Waals surface area (Å²) in [7, 11) is 0. The third-order valence-electron chi connectivity index (χ3n) is 6.76. The van der Waals surface area contributed by atoms with Gasteiger partial charge < -0.3 is 24.8 Å². The summed E-state index contributed by atoms with van der Waals surface area (Å²) in [6.45, 7) is 9.84. The molecule has 0 amide bonds. The number of hydrogen-bond acceptors (Lipinski definition) is 4. The van der Waals surface area contributed by atoms with Crippen LogP contribution in [0, 0.1) is 20.8 Å². The van der Waals surface area contributed by atoms with Gasteiger partial charge in [-0.2, -0.15) is 0 Å². The summed E-state index contributed by atoms with van der Waals surface area (Å²) in [5, 5.41) is 27.3. The van der Waals surface area contributed by atoms with Gasteiger partial charge >= 0.3 is 17.9 Å². The standard InChI is InChI=1S/C17H16O4.C12H18N2O2/c1-9-5-4-6-10(2)15(9)13-7-12(16(18)19)8-14(11(13)3)17(20)21;15-12(16)11-4-7-14(10-11)9-8-13-5-2-1-3-6-13/h4-8H,1-3H3,(H,18,19)(H,20,21);4,7,10H,1-3,5-6,8-9H2,(H,15,16). The molecule has 0 atom stereocenters. The quantitative estimate of drug-likeness (QED) is 0.395. The minimum atomic E-state index is -1.13. The Morgan fingerprint density at radius 3 is 1.95 bits per heavy atom. The van der Waals surface area contributed by atoms with Gasteiger partial charge in [-0.15, -0.1) is 0 Å². The molecule has 4 rings (SSSR count). The Hall–Kier alpha value is -3.91. The fourth-order valence-corrected chi connectivity index (χ4v) is 4.71. The molecule has 1 aromatic heterocycles. The van der Waals surface area contributed by atoms with E-state index in [-0.39, 0.29) is 11.1 Å². The first-order valence-electron chi connectivity index (χ1n) is 12.4. The number of benzene rings is 2. The summed E-state index contributed by atoms with van der Waals surface area (Å²) in [5.74, 6) is -3.11. The fourth-order valence-electron chi connectivity index (χ4n) is 4.71.